The number of likely N-dealkylation sites (N-methyl/N-ethyl adjacent to an activating group) is 1. The second-order valence-electron chi connectivity index (χ2n) is 5.93. The van der Waals surface area contributed by atoms with Gasteiger partial charge in [-0.05, 0) is 24.7 Å². The van der Waals surface area contributed by atoms with E-state index in [1.165, 1.54) is 5.56 Å². The molecule has 1 amide bonds. The van der Waals surface area contributed by atoms with Crippen LogP contribution in [-0.4, -0.2) is 47.4 Å². The molecule has 0 saturated carbocycles. The number of hydrogen-bond acceptors (Lipinski definition) is 4. The van der Waals surface area contributed by atoms with E-state index in [0.717, 1.165) is 25.3 Å². The molecule has 1 atom stereocenters. The molecule has 5 heteroatoms. The number of hydrogen-bond donors (Lipinski definition) is 1. The van der Waals surface area contributed by atoms with E-state index in [9.17, 15) is 4.79 Å². The van der Waals surface area contributed by atoms with Crippen molar-refractivity contribution in [3.8, 4) is 0 Å². The third-order valence-electron chi connectivity index (χ3n) is 4.30. The topological polar surface area (TPSA) is 62.5 Å². The smallest absolute Gasteiger partial charge is 0.254 e. The van der Waals surface area contributed by atoms with E-state index >= 15 is 0 Å². The van der Waals surface area contributed by atoms with Gasteiger partial charge in [0.2, 0.25) is 0 Å². The van der Waals surface area contributed by atoms with Gasteiger partial charge in [-0.15, -0.1) is 0 Å². The summed E-state index contributed by atoms with van der Waals surface area (Å²) in [6, 6.07) is 13.8. The van der Waals surface area contributed by atoms with Gasteiger partial charge in [-0.25, -0.2) is 0 Å². The van der Waals surface area contributed by atoms with E-state index in [4.69, 9.17) is 5.73 Å². The summed E-state index contributed by atoms with van der Waals surface area (Å²) in [6.07, 6.45) is 1.66. The van der Waals surface area contributed by atoms with Crippen LogP contribution >= 0.6 is 0 Å². The number of rotatable bonds is 3. The lowest BCUT2D eigenvalue weighted by Gasteiger charge is -2.40. The van der Waals surface area contributed by atoms with Crippen LogP contribution in [-0.2, 0) is 6.54 Å². The minimum Gasteiger partial charge on any atom is -0.329 e. The minimum atomic E-state index is 0.0454. The van der Waals surface area contributed by atoms with Gasteiger partial charge >= 0.3 is 0 Å². The van der Waals surface area contributed by atoms with E-state index in [1.54, 1.807) is 18.3 Å². The van der Waals surface area contributed by atoms with Crippen molar-refractivity contribution in [1.29, 1.82) is 0 Å². The first kappa shape index (κ1) is 15.6. The molecule has 2 heterocycles. The second kappa shape index (κ2) is 6.89. The van der Waals surface area contributed by atoms with Crippen LogP contribution in [0.1, 0.15) is 27.7 Å². The SMILES string of the molecule is CN1CCN(C(=O)c2ccnc(CN)c2)C(c2ccccc2)C1. The number of benzene rings is 1. The Hall–Kier alpha value is -2.24. The number of carbonyl (C=O) groups is 1. The zero-order chi connectivity index (χ0) is 16.2. The Kier molecular flexibility index (Phi) is 4.69. The summed E-state index contributed by atoms with van der Waals surface area (Å²) < 4.78 is 0. The van der Waals surface area contributed by atoms with Crippen molar-refractivity contribution >= 4 is 5.91 Å². The lowest BCUT2D eigenvalue weighted by atomic mass is 10.0. The minimum absolute atomic E-state index is 0.0454. The molecule has 1 fully saturated rings. The van der Waals surface area contributed by atoms with E-state index < -0.39 is 0 Å². The van der Waals surface area contributed by atoms with E-state index in [2.05, 4.69) is 29.1 Å². The van der Waals surface area contributed by atoms with Crippen molar-refractivity contribution in [2.75, 3.05) is 26.7 Å². The van der Waals surface area contributed by atoms with Crippen molar-refractivity contribution in [3.05, 3.63) is 65.5 Å². The van der Waals surface area contributed by atoms with Gasteiger partial charge in [0.15, 0.2) is 0 Å². The average molecular weight is 310 g/mol. The number of nitrogens with two attached hydrogens (primary N) is 1. The molecule has 1 aromatic heterocycles. The molecule has 0 bridgehead atoms. The molecule has 2 N–H and O–H groups in total. The quantitative estimate of drug-likeness (QED) is 0.937. The number of pyridine rings is 1. The van der Waals surface area contributed by atoms with Crippen LogP contribution in [0.15, 0.2) is 48.7 Å². The van der Waals surface area contributed by atoms with Crippen molar-refractivity contribution in [2.24, 2.45) is 5.73 Å². The first-order chi connectivity index (χ1) is 11.2. The van der Waals surface area contributed by atoms with Crippen LogP contribution in [0.25, 0.3) is 0 Å². The van der Waals surface area contributed by atoms with Crippen LogP contribution in [0.5, 0.6) is 0 Å². The Balaban J connectivity index is 1.90. The number of aromatic nitrogens is 1. The molecule has 5 nitrogen and oxygen atoms in total. The third kappa shape index (κ3) is 3.41. The Labute approximate surface area is 136 Å². The van der Waals surface area contributed by atoms with Gasteiger partial charge in [0.25, 0.3) is 5.91 Å². The summed E-state index contributed by atoms with van der Waals surface area (Å²) in [5.74, 6) is 0.0454. The van der Waals surface area contributed by atoms with E-state index in [0.29, 0.717) is 12.1 Å². The fourth-order valence-electron chi connectivity index (χ4n) is 3.01. The molecule has 1 aliphatic rings. The van der Waals surface area contributed by atoms with Crippen molar-refractivity contribution in [3.63, 3.8) is 0 Å². The number of amides is 1. The van der Waals surface area contributed by atoms with Gasteiger partial charge < -0.3 is 15.5 Å². The van der Waals surface area contributed by atoms with Gasteiger partial charge in [-0.3, -0.25) is 9.78 Å². The maximum atomic E-state index is 13.0. The molecule has 0 spiro atoms. The lowest BCUT2D eigenvalue weighted by Crippen LogP contribution is -2.49. The molecule has 2 aromatic rings. The van der Waals surface area contributed by atoms with E-state index in [1.807, 2.05) is 23.1 Å². The van der Waals surface area contributed by atoms with Crippen molar-refractivity contribution in [1.82, 2.24) is 14.8 Å². The van der Waals surface area contributed by atoms with Gasteiger partial charge in [-0.2, -0.15) is 0 Å². The highest BCUT2D eigenvalue weighted by atomic mass is 16.2. The maximum Gasteiger partial charge on any atom is 0.254 e. The van der Waals surface area contributed by atoms with Gasteiger partial charge in [-0.1, -0.05) is 30.3 Å². The second-order valence-corrected chi connectivity index (χ2v) is 5.93. The van der Waals surface area contributed by atoms with Gasteiger partial charge in [0.05, 0.1) is 11.7 Å². The van der Waals surface area contributed by atoms with Crippen LogP contribution < -0.4 is 5.73 Å². The molecule has 1 aliphatic heterocycles. The Morgan fingerprint density at radius 1 is 1.26 bits per heavy atom. The van der Waals surface area contributed by atoms with Gasteiger partial charge in [0, 0.05) is 37.9 Å². The largest absolute Gasteiger partial charge is 0.329 e. The Morgan fingerprint density at radius 3 is 2.78 bits per heavy atom. The molecule has 23 heavy (non-hydrogen) atoms. The van der Waals surface area contributed by atoms with Crippen LogP contribution in [0.4, 0.5) is 0 Å². The number of nitrogens with zero attached hydrogens (tertiary/aromatic N) is 3. The molecule has 0 aliphatic carbocycles. The zero-order valence-corrected chi connectivity index (χ0v) is 13.4. The molecule has 3 rings (SSSR count). The normalized spacial score (nSPS) is 18.9. The number of carbonyl (C=O) groups excluding carboxylic acids is 1. The summed E-state index contributed by atoms with van der Waals surface area (Å²) in [5, 5.41) is 0. The lowest BCUT2D eigenvalue weighted by molar-refractivity contribution is 0.0498. The molecule has 0 radical (unpaired) electrons. The highest BCUT2D eigenvalue weighted by molar-refractivity contribution is 5.94. The predicted octanol–water partition coefficient (Wildman–Crippen LogP) is 1.67. The Bertz CT molecular complexity index is 674. The molecular formula is C18H22N4O. The summed E-state index contributed by atoms with van der Waals surface area (Å²) >= 11 is 0. The molecule has 1 saturated heterocycles. The zero-order valence-electron chi connectivity index (χ0n) is 13.4. The van der Waals surface area contributed by atoms with Crippen LogP contribution in [0.2, 0.25) is 0 Å². The maximum absolute atomic E-state index is 13.0. The first-order valence-electron chi connectivity index (χ1n) is 7.88. The fraction of sp³-hybridized carbons (Fsp3) is 0.333. The van der Waals surface area contributed by atoms with Gasteiger partial charge in [0.1, 0.15) is 0 Å². The molecule has 1 aromatic carbocycles. The summed E-state index contributed by atoms with van der Waals surface area (Å²) in [6.45, 7) is 2.77. The molecule has 1 unspecified atom stereocenters. The highest BCUT2D eigenvalue weighted by Crippen LogP contribution is 2.26. The van der Waals surface area contributed by atoms with E-state index in [-0.39, 0.29) is 11.9 Å². The Morgan fingerprint density at radius 2 is 2.04 bits per heavy atom. The summed E-state index contributed by atoms with van der Waals surface area (Å²) in [4.78, 5) is 21.4. The van der Waals surface area contributed by atoms with Crippen LogP contribution in [0.3, 0.4) is 0 Å². The summed E-state index contributed by atoms with van der Waals surface area (Å²) in [7, 11) is 2.09. The number of piperazine rings is 1. The standard InChI is InChI=1S/C18H22N4O/c1-21-9-10-22(17(13-21)14-5-3-2-4-6-14)18(23)15-7-8-20-16(11-15)12-19/h2-8,11,17H,9-10,12-13,19H2,1H3. The monoisotopic (exact) mass is 310 g/mol. The average Bonchev–Trinajstić information content (AvgIpc) is 2.62. The molecule has 120 valence electrons. The molecular weight excluding hydrogens is 288 g/mol. The summed E-state index contributed by atoms with van der Waals surface area (Å²) in [5.41, 5.74) is 8.20. The van der Waals surface area contributed by atoms with Crippen molar-refractivity contribution in [2.45, 2.75) is 12.6 Å². The third-order valence-corrected chi connectivity index (χ3v) is 4.30. The first-order valence-corrected chi connectivity index (χ1v) is 7.88. The highest BCUT2D eigenvalue weighted by Gasteiger charge is 2.30. The van der Waals surface area contributed by atoms with Crippen LogP contribution in [0, 0.1) is 0 Å². The predicted molar refractivity (Wildman–Crippen MR) is 89.8 cm³/mol. The van der Waals surface area contributed by atoms with Crippen molar-refractivity contribution < 1.29 is 4.79 Å². The fourth-order valence-corrected chi connectivity index (χ4v) is 3.01.